The van der Waals surface area contributed by atoms with Gasteiger partial charge in [0.15, 0.2) is 5.78 Å². The van der Waals surface area contributed by atoms with E-state index in [9.17, 15) is 9.59 Å². The molecular formula is C22H24N2O2. The predicted octanol–water partition coefficient (Wildman–Crippen LogP) is 3.56. The molecule has 1 aliphatic rings. The summed E-state index contributed by atoms with van der Waals surface area (Å²) in [6.07, 6.45) is 0.975. The quantitative estimate of drug-likeness (QED) is 0.840. The Kier molecular flexibility index (Phi) is 5.95. The lowest BCUT2D eigenvalue weighted by atomic mass is 9.77. The van der Waals surface area contributed by atoms with Crippen molar-refractivity contribution in [2.45, 2.75) is 32.9 Å². The first-order valence-electron chi connectivity index (χ1n) is 9.04. The summed E-state index contributed by atoms with van der Waals surface area (Å²) in [6.45, 7) is 2.99. The highest BCUT2D eigenvalue weighted by molar-refractivity contribution is 6.13. The van der Waals surface area contributed by atoms with Crippen LogP contribution in [0.25, 0.3) is 0 Å². The van der Waals surface area contributed by atoms with E-state index in [2.05, 4.69) is 10.3 Å². The van der Waals surface area contributed by atoms with Gasteiger partial charge in [-0.05, 0) is 23.5 Å². The smallest absolute Gasteiger partial charge is 0.231 e. The van der Waals surface area contributed by atoms with Gasteiger partial charge in [0.25, 0.3) is 0 Å². The molecule has 2 unspecified atom stereocenters. The molecule has 26 heavy (non-hydrogen) atoms. The zero-order chi connectivity index (χ0) is 18.4. The zero-order valence-electron chi connectivity index (χ0n) is 15.0. The van der Waals surface area contributed by atoms with Crippen LogP contribution >= 0.6 is 0 Å². The van der Waals surface area contributed by atoms with Gasteiger partial charge in [-0.2, -0.15) is 0 Å². The molecular weight excluding hydrogens is 324 g/mol. The van der Waals surface area contributed by atoms with Gasteiger partial charge in [-0.3, -0.25) is 14.6 Å². The van der Waals surface area contributed by atoms with E-state index in [1.807, 2.05) is 67.6 Å². The third-order valence-electron chi connectivity index (χ3n) is 4.77. The van der Waals surface area contributed by atoms with Crippen LogP contribution in [0.3, 0.4) is 0 Å². The maximum atomic E-state index is 12.5. The largest absolute Gasteiger partial charge is 0.351 e. The molecule has 0 saturated heterocycles. The van der Waals surface area contributed by atoms with E-state index in [1.54, 1.807) is 0 Å². The number of aliphatic imine (C=N–C) groups is 1. The van der Waals surface area contributed by atoms with Crippen molar-refractivity contribution >= 4 is 17.4 Å². The molecule has 0 spiro atoms. The van der Waals surface area contributed by atoms with E-state index < -0.39 is 5.92 Å². The SMILES string of the molecule is CC1CC(=NCc2ccccc2)CC(=O)C1C(=O)NCc1ccccc1. The van der Waals surface area contributed by atoms with Gasteiger partial charge >= 0.3 is 0 Å². The summed E-state index contributed by atoms with van der Waals surface area (Å²) >= 11 is 0. The molecule has 4 heteroatoms. The van der Waals surface area contributed by atoms with E-state index in [1.165, 1.54) is 0 Å². The molecule has 2 atom stereocenters. The van der Waals surface area contributed by atoms with E-state index in [-0.39, 0.29) is 24.0 Å². The first-order valence-corrected chi connectivity index (χ1v) is 9.04. The van der Waals surface area contributed by atoms with E-state index >= 15 is 0 Å². The van der Waals surface area contributed by atoms with Gasteiger partial charge in [0.05, 0.1) is 12.5 Å². The highest BCUT2D eigenvalue weighted by Crippen LogP contribution is 2.26. The molecule has 2 aromatic rings. The van der Waals surface area contributed by atoms with Crippen LogP contribution in [-0.4, -0.2) is 17.4 Å². The second-order valence-corrected chi connectivity index (χ2v) is 6.87. The molecule has 1 aliphatic carbocycles. The molecule has 1 N–H and O–H groups in total. The zero-order valence-corrected chi connectivity index (χ0v) is 15.0. The summed E-state index contributed by atoms with van der Waals surface area (Å²) in [5.74, 6) is -0.800. The van der Waals surface area contributed by atoms with Gasteiger partial charge in [-0.1, -0.05) is 67.6 Å². The Bertz CT molecular complexity index is 784. The lowest BCUT2D eigenvalue weighted by Gasteiger charge is -2.27. The topological polar surface area (TPSA) is 58.5 Å². The first kappa shape index (κ1) is 18.1. The Labute approximate surface area is 154 Å². The minimum Gasteiger partial charge on any atom is -0.351 e. The molecule has 1 amide bonds. The van der Waals surface area contributed by atoms with Crippen molar-refractivity contribution in [3.8, 4) is 0 Å². The average molecular weight is 348 g/mol. The number of hydrogen-bond donors (Lipinski definition) is 1. The predicted molar refractivity (Wildman–Crippen MR) is 103 cm³/mol. The number of nitrogens with one attached hydrogen (secondary N) is 1. The summed E-state index contributed by atoms with van der Waals surface area (Å²) in [5, 5.41) is 2.90. The van der Waals surface area contributed by atoms with Crippen LogP contribution in [-0.2, 0) is 22.7 Å². The van der Waals surface area contributed by atoms with Crippen LogP contribution < -0.4 is 5.32 Å². The van der Waals surface area contributed by atoms with Crippen LogP contribution in [0.2, 0.25) is 0 Å². The van der Waals surface area contributed by atoms with Crippen LogP contribution in [0.5, 0.6) is 0 Å². The second kappa shape index (κ2) is 8.56. The fourth-order valence-corrected chi connectivity index (χ4v) is 3.40. The number of ketones is 1. The molecule has 0 aliphatic heterocycles. The summed E-state index contributed by atoms with van der Waals surface area (Å²) in [7, 11) is 0. The van der Waals surface area contributed by atoms with Crippen LogP contribution in [0, 0.1) is 11.8 Å². The van der Waals surface area contributed by atoms with E-state index in [0.29, 0.717) is 19.5 Å². The third-order valence-corrected chi connectivity index (χ3v) is 4.77. The van der Waals surface area contributed by atoms with Crippen LogP contribution in [0.1, 0.15) is 30.9 Å². The molecule has 0 bridgehead atoms. The van der Waals surface area contributed by atoms with Gasteiger partial charge in [0, 0.05) is 18.7 Å². The Morgan fingerprint density at radius 1 is 1.04 bits per heavy atom. The van der Waals surface area contributed by atoms with Crippen molar-refractivity contribution in [3.05, 3.63) is 71.8 Å². The fraction of sp³-hybridized carbons (Fsp3) is 0.318. The van der Waals surface area contributed by atoms with Crippen molar-refractivity contribution in [3.63, 3.8) is 0 Å². The summed E-state index contributed by atoms with van der Waals surface area (Å²) in [5.41, 5.74) is 3.06. The summed E-state index contributed by atoms with van der Waals surface area (Å²) < 4.78 is 0. The number of rotatable bonds is 5. The number of carbonyl (C=O) groups is 2. The average Bonchev–Trinajstić information content (AvgIpc) is 2.66. The Balaban J connectivity index is 1.57. The number of hydrogen-bond acceptors (Lipinski definition) is 3. The molecule has 3 rings (SSSR count). The van der Waals surface area contributed by atoms with Crippen LogP contribution in [0.15, 0.2) is 65.7 Å². The number of Topliss-reactive ketones (excluding diaryl/α,β-unsaturated/α-hetero) is 1. The van der Waals surface area contributed by atoms with E-state index in [4.69, 9.17) is 0 Å². The standard InChI is InChI=1S/C22H24N2O2/c1-16-12-19(23-14-17-8-4-2-5-9-17)13-20(25)21(16)22(26)24-15-18-10-6-3-7-11-18/h2-11,16,21H,12-15H2,1H3,(H,24,26). The molecule has 1 fully saturated rings. The van der Waals surface area contributed by atoms with Crippen LogP contribution in [0.4, 0.5) is 0 Å². The number of carbonyl (C=O) groups excluding carboxylic acids is 2. The molecule has 0 aromatic heterocycles. The molecule has 4 nitrogen and oxygen atoms in total. The van der Waals surface area contributed by atoms with Gasteiger partial charge in [0.1, 0.15) is 0 Å². The van der Waals surface area contributed by atoms with Gasteiger partial charge < -0.3 is 5.32 Å². The number of benzene rings is 2. The highest BCUT2D eigenvalue weighted by atomic mass is 16.2. The monoisotopic (exact) mass is 348 g/mol. The number of amides is 1. The van der Waals surface area contributed by atoms with Gasteiger partial charge in [-0.15, -0.1) is 0 Å². The van der Waals surface area contributed by atoms with Crippen molar-refractivity contribution in [1.29, 1.82) is 0 Å². The minimum atomic E-state index is -0.575. The van der Waals surface area contributed by atoms with Crippen molar-refractivity contribution < 1.29 is 9.59 Å². The fourth-order valence-electron chi connectivity index (χ4n) is 3.40. The van der Waals surface area contributed by atoms with Gasteiger partial charge in [0.2, 0.25) is 5.91 Å². The third kappa shape index (κ3) is 4.66. The lowest BCUT2D eigenvalue weighted by molar-refractivity contribution is -0.136. The molecule has 134 valence electrons. The normalized spacial score (nSPS) is 21.6. The van der Waals surface area contributed by atoms with Crippen molar-refractivity contribution in [2.24, 2.45) is 16.8 Å². The minimum absolute atomic E-state index is 0.0263. The Morgan fingerprint density at radius 3 is 2.27 bits per heavy atom. The molecule has 1 saturated carbocycles. The molecule has 0 heterocycles. The lowest BCUT2D eigenvalue weighted by Crippen LogP contribution is -2.43. The summed E-state index contributed by atoms with van der Waals surface area (Å²) in [6, 6.07) is 19.7. The second-order valence-electron chi connectivity index (χ2n) is 6.87. The number of nitrogens with zero attached hydrogens (tertiary/aromatic N) is 1. The maximum Gasteiger partial charge on any atom is 0.231 e. The van der Waals surface area contributed by atoms with Crippen molar-refractivity contribution in [1.82, 2.24) is 5.32 Å². The highest BCUT2D eigenvalue weighted by Gasteiger charge is 2.37. The van der Waals surface area contributed by atoms with Crippen molar-refractivity contribution in [2.75, 3.05) is 0 Å². The first-order chi connectivity index (χ1) is 12.6. The van der Waals surface area contributed by atoms with E-state index in [0.717, 1.165) is 16.8 Å². The Morgan fingerprint density at radius 2 is 1.65 bits per heavy atom. The summed E-state index contributed by atoms with van der Waals surface area (Å²) in [4.78, 5) is 29.6. The molecule has 2 aromatic carbocycles. The maximum absolute atomic E-state index is 12.5. The Hall–Kier alpha value is -2.75. The molecule has 0 radical (unpaired) electrons. The van der Waals surface area contributed by atoms with Gasteiger partial charge in [-0.25, -0.2) is 0 Å².